The summed E-state index contributed by atoms with van der Waals surface area (Å²) in [6, 6.07) is 9.32. The molecule has 2 aromatic rings. The fourth-order valence-electron chi connectivity index (χ4n) is 2.29. The Morgan fingerprint density at radius 2 is 1.73 bits per heavy atom. The Bertz CT molecular complexity index is 657. The highest BCUT2D eigenvalue weighted by Crippen LogP contribution is 2.30. The van der Waals surface area contributed by atoms with Crippen LogP contribution in [0.25, 0.3) is 0 Å². The molecule has 2 rings (SSSR count). The van der Waals surface area contributed by atoms with E-state index in [9.17, 15) is 9.90 Å². The first-order valence-electron chi connectivity index (χ1n) is 6.92. The fourth-order valence-corrected chi connectivity index (χ4v) is 2.29. The Labute approximate surface area is 129 Å². The maximum Gasteiger partial charge on any atom is 0.320 e. The van der Waals surface area contributed by atoms with E-state index in [-0.39, 0.29) is 12.2 Å². The molecule has 116 valence electrons. The lowest BCUT2D eigenvalue weighted by molar-refractivity contribution is -0.138. The molecule has 5 nitrogen and oxygen atoms in total. The van der Waals surface area contributed by atoms with Crippen LogP contribution in [0.1, 0.15) is 16.7 Å². The summed E-state index contributed by atoms with van der Waals surface area (Å²) in [5.74, 6) is 0.510. The first-order valence-corrected chi connectivity index (χ1v) is 6.92. The molecule has 0 amide bonds. The molecule has 0 fully saturated rings. The van der Waals surface area contributed by atoms with Crippen LogP contribution in [-0.2, 0) is 11.2 Å². The minimum atomic E-state index is -1.01. The SMILES string of the molecule is Cc1cc(C[C@H](N)C(=O)O)cc(C)c1Oc1ccc(O)cc1. The lowest BCUT2D eigenvalue weighted by Crippen LogP contribution is -2.32. The molecule has 2 aromatic carbocycles. The summed E-state index contributed by atoms with van der Waals surface area (Å²) in [4.78, 5) is 10.8. The summed E-state index contributed by atoms with van der Waals surface area (Å²) in [7, 11) is 0. The van der Waals surface area contributed by atoms with E-state index in [0.29, 0.717) is 5.75 Å². The van der Waals surface area contributed by atoms with Gasteiger partial charge in [-0.05, 0) is 61.2 Å². The predicted octanol–water partition coefficient (Wildman–Crippen LogP) is 2.76. The van der Waals surface area contributed by atoms with Crippen molar-refractivity contribution in [1.29, 1.82) is 0 Å². The second-order valence-corrected chi connectivity index (χ2v) is 5.30. The molecule has 0 heterocycles. The van der Waals surface area contributed by atoms with Crippen molar-refractivity contribution in [1.82, 2.24) is 0 Å². The summed E-state index contributed by atoms with van der Waals surface area (Å²) in [5.41, 5.74) is 8.24. The third kappa shape index (κ3) is 3.77. The first kappa shape index (κ1) is 15.9. The summed E-state index contributed by atoms with van der Waals surface area (Å²) in [6.07, 6.45) is 0.274. The Morgan fingerprint density at radius 3 is 2.23 bits per heavy atom. The second kappa shape index (κ2) is 6.49. The first-order chi connectivity index (χ1) is 10.4. The van der Waals surface area contributed by atoms with Gasteiger partial charge in [-0.3, -0.25) is 4.79 Å². The van der Waals surface area contributed by atoms with Gasteiger partial charge in [0.05, 0.1) is 0 Å². The van der Waals surface area contributed by atoms with Crippen molar-refractivity contribution in [2.45, 2.75) is 26.3 Å². The molecule has 0 saturated carbocycles. The zero-order chi connectivity index (χ0) is 16.3. The van der Waals surface area contributed by atoms with Crippen LogP contribution < -0.4 is 10.5 Å². The van der Waals surface area contributed by atoms with Crippen LogP contribution in [0.4, 0.5) is 0 Å². The Hall–Kier alpha value is -2.53. The molecule has 0 unspecified atom stereocenters. The van der Waals surface area contributed by atoms with Gasteiger partial charge in [-0.15, -0.1) is 0 Å². The van der Waals surface area contributed by atoms with Gasteiger partial charge >= 0.3 is 5.97 Å². The Morgan fingerprint density at radius 1 is 1.18 bits per heavy atom. The number of rotatable bonds is 5. The topological polar surface area (TPSA) is 92.8 Å². The number of carboxylic acid groups (broad SMARTS) is 1. The third-order valence-electron chi connectivity index (χ3n) is 3.35. The molecule has 4 N–H and O–H groups in total. The van der Waals surface area contributed by atoms with Gasteiger partial charge in [0.15, 0.2) is 0 Å². The maximum atomic E-state index is 10.8. The van der Waals surface area contributed by atoms with Crippen LogP contribution >= 0.6 is 0 Å². The number of nitrogens with two attached hydrogens (primary N) is 1. The highest BCUT2D eigenvalue weighted by atomic mass is 16.5. The lowest BCUT2D eigenvalue weighted by atomic mass is 10.0. The summed E-state index contributed by atoms with van der Waals surface area (Å²) in [6.45, 7) is 3.80. The van der Waals surface area contributed by atoms with E-state index in [0.717, 1.165) is 22.4 Å². The van der Waals surface area contributed by atoms with E-state index in [1.165, 1.54) is 0 Å². The van der Waals surface area contributed by atoms with E-state index in [1.54, 1.807) is 24.3 Å². The number of aryl methyl sites for hydroxylation is 2. The number of phenols is 1. The zero-order valence-corrected chi connectivity index (χ0v) is 12.5. The molecule has 0 aliphatic carbocycles. The maximum absolute atomic E-state index is 10.8. The highest BCUT2D eigenvalue weighted by molar-refractivity contribution is 5.73. The number of hydrogen-bond donors (Lipinski definition) is 3. The van der Waals surface area contributed by atoms with E-state index in [2.05, 4.69) is 0 Å². The molecule has 5 heteroatoms. The van der Waals surface area contributed by atoms with Crippen molar-refractivity contribution in [2.24, 2.45) is 5.73 Å². The van der Waals surface area contributed by atoms with Gasteiger partial charge in [-0.25, -0.2) is 0 Å². The summed E-state index contributed by atoms with van der Waals surface area (Å²) >= 11 is 0. The second-order valence-electron chi connectivity index (χ2n) is 5.30. The summed E-state index contributed by atoms with van der Waals surface area (Å²) in [5, 5.41) is 18.2. The number of carboxylic acids is 1. The van der Waals surface area contributed by atoms with Gasteiger partial charge in [0, 0.05) is 0 Å². The average molecular weight is 301 g/mol. The van der Waals surface area contributed by atoms with Crippen molar-refractivity contribution >= 4 is 5.97 Å². The molecule has 0 radical (unpaired) electrons. The molecule has 0 saturated heterocycles. The van der Waals surface area contributed by atoms with Gasteiger partial charge in [0.2, 0.25) is 0 Å². The van der Waals surface area contributed by atoms with Crippen molar-refractivity contribution in [2.75, 3.05) is 0 Å². The fraction of sp³-hybridized carbons (Fsp3) is 0.235. The Balaban J connectivity index is 2.23. The lowest BCUT2D eigenvalue weighted by Gasteiger charge is -2.15. The number of aliphatic carboxylic acids is 1. The van der Waals surface area contributed by atoms with Crippen LogP contribution in [0.15, 0.2) is 36.4 Å². The van der Waals surface area contributed by atoms with Crippen molar-refractivity contribution in [3.05, 3.63) is 53.1 Å². The van der Waals surface area contributed by atoms with Crippen LogP contribution in [-0.4, -0.2) is 22.2 Å². The van der Waals surface area contributed by atoms with Crippen LogP contribution in [0.2, 0.25) is 0 Å². The van der Waals surface area contributed by atoms with Crippen LogP contribution in [0.3, 0.4) is 0 Å². The molecule has 22 heavy (non-hydrogen) atoms. The smallest absolute Gasteiger partial charge is 0.320 e. The van der Waals surface area contributed by atoms with E-state index in [4.69, 9.17) is 15.6 Å². The minimum absolute atomic E-state index is 0.179. The molecule has 0 bridgehead atoms. The van der Waals surface area contributed by atoms with Gasteiger partial charge in [-0.1, -0.05) is 12.1 Å². The molecule has 1 atom stereocenters. The van der Waals surface area contributed by atoms with Crippen LogP contribution in [0, 0.1) is 13.8 Å². The number of hydrogen-bond acceptors (Lipinski definition) is 4. The minimum Gasteiger partial charge on any atom is -0.508 e. The molecule has 0 aliphatic rings. The van der Waals surface area contributed by atoms with Gasteiger partial charge < -0.3 is 20.7 Å². The zero-order valence-electron chi connectivity index (χ0n) is 12.5. The normalized spacial score (nSPS) is 12.0. The van der Waals surface area contributed by atoms with Gasteiger partial charge in [-0.2, -0.15) is 0 Å². The number of ether oxygens (including phenoxy) is 1. The van der Waals surface area contributed by atoms with E-state index < -0.39 is 12.0 Å². The van der Waals surface area contributed by atoms with Gasteiger partial charge in [0.1, 0.15) is 23.3 Å². The molecule has 0 aliphatic heterocycles. The molecule has 0 spiro atoms. The number of benzene rings is 2. The van der Waals surface area contributed by atoms with Crippen molar-refractivity contribution < 1.29 is 19.7 Å². The number of phenolic OH excluding ortho intramolecular Hbond substituents is 1. The standard InChI is InChI=1S/C17H19NO4/c1-10-7-12(9-15(18)17(20)21)8-11(2)16(10)22-14-5-3-13(19)4-6-14/h3-8,15,19H,9,18H2,1-2H3,(H,20,21)/t15-/m0/s1. The monoisotopic (exact) mass is 301 g/mol. The number of aromatic hydroxyl groups is 1. The van der Waals surface area contributed by atoms with Gasteiger partial charge in [0.25, 0.3) is 0 Å². The third-order valence-corrected chi connectivity index (χ3v) is 3.35. The van der Waals surface area contributed by atoms with Crippen molar-refractivity contribution in [3.8, 4) is 17.2 Å². The van der Waals surface area contributed by atoms with Crippen molar-refractivity contribution in [3.63, 3.8) is 0 Å². The number of carbonyl (C=O) groups is 1. The molecular weight excluding hydrogens is 282 g/mol. The predicted molar refractivity (Wildman–Crippen MR) is 83.4 cm³/mol. The molecule has 0 aromatic heterocycles. The van der Waals surface area contributed by atoms with E-state index >= 15 is 0 Å². The largest absolute Gasteiger partial charge is 0.508 e. The van der Waals surface area contributed by atoms with Crippen LogP contribution in [0.5, 0.6) is 17.2 Å². The quantitative estimate of drug-likeness (QED) is 0.789. The average Bonchev–Trinajstić information content (AvgIpc) is 2.44. The highest BCUT2D eigenvalue weighted by Gasteiger charge is 2.14. The summed E-state index contributed by atoms with van der Waals surface area (Å²) < 4.78 is 5.84. The van der Waals surface area contributed by atoms with E-state index in [1.807, 2.05) is 26.0 Å². The molecular formula is C17H19NO4. The Kier molecular flexibility index (Phi) is 4.68.